The van der Waals surface area contributed by atoms with E-state index in [0.717, 1.165) is 78.5 Å². The topological polar surface area (TPSA) is 101 Å². The number of hydrogen-bond acceptors (Lipinski definition) is 8. The van der Waals surface area contributed by atoms with Crippen LogP contribution in [-0.4, -0.2) is 68.8 Å². The molecule has 0 atom stereocenters. The first-order valence-electron chi connectivity index (χ1n) is 13.5. The van der Waals surface area contributed by atoms with E-state index in [2.05, 4.69) is 36.8 Å². The SMILES string of the molecule is Cc1ccc(CNc2ccc(-c3nn(C4CCC(N5CCN(C)CC5)CC4)c4ncnc(N)c34)cc2Cl)o1. The highest BCUT2D eigenvalue weighted by atomic mass is 35.5. The molecule has 9 nitrogen and oxygen atoms in total. The molecule has 1 saturated heterocycles. The van der Waals surface area contributed by atoms with Crippen LogP contribution < -0.4 is 11.1 Å². The Morgan fingerprint density at radius 3 is 2.50 bits per heavy atom. The van der Waals surface area contributed by atoms with Crippen molar-refractivity contribution in [2.24, 2.45) is 0 Å². The summed E-state index contributed by atoms with van der Waals surface area (Å²) in [5, 5.41) is 9.83. The number of rotatable bonds is 6. The van der Waals surface area contributed by atoms with Crippen molar-refractivity contribution in [2.45, 2.75) is 51.2 Å². The smallest absolute Gasteiger partial charge is 0.164 e. The first kappa shape index (κ1) is 25.2. The molecular weight excluding hydrogens is 500 g/mol. The summed E-state index contributed by atoms with van der Waals surface area (Å²) in [6.45, 7) is 7.13. The molecule has 200 valence electrons. The van der Waals surface area contributed by atoms with E-state index in [9.17, 15) is 0 Å². The molecule has 0 radical (unpaired) electrons. The lowest BCUT2D eigenvalue weighted by Gasteiger charge is -2.41. The Bertz CT molecular complexity index is 1420. The number of nitrogens with one attached hydrogen (secondary N) is 1. The van der Waals surface area contributed by atoms with Gasteiger partial charge in [-0.15, -0.1) is 0 Å². The number of likely N-dealkylation sites (N-methyl/N-ethyl adjacent to an activating group) is 1. The van der Waals surface area contributed by atoms with E-state index in [1.54, 1.807) is 0 Å². The van der Waals surface area contributed by atoms with Crippen LogP contribution >= 0.6 is 11.6 Å². The number of fused-ring (bicyclic) bond motifs is 1. The first-order chi connectivity index (χ1) is 18.5. The number of nitrogens with zero attached hydrogens (tertiary/aromatic N) is 6. The second-order valence-corrected chi connectivity index (χ2v) is 11.0. The number of hydrogen-bond donors (Lipinski definition) is 2. The Labute approximate surface area is 228 Å². The van der Waals surface area contributed by atoms with Crippen LogP contribution in [-0.2, 0) is 6.54 Å². The Morgan fingerprint density at radius 2 is 1.79 bits per heavy atom. The largest absolute Gasteiger partial charge is 0.465 e. The second kappa shape index (κ2) is 10.6. The average Bonchev–Trinajstić information content (AvgIpc) is 3.53. The van der Waals surface area contributed by atoms with E-state index in [4.69, 9.17) is 26.9 Å². The molecule has 4 aromatic rings. The number of benzene rings is 1. The standard InChI is InChI=1S/C28H35ClN8O/c1-18-3-9-22(38-18)16-31-24-10-4-19(15-23(24)29)26-25-27(30)32-17-33-28(25)37(34-26)21-7-5-20(6-8-21)36-13-11-35(2)12-14-36/h3-4,9-10,15,17,20-21,31H,5-8,11-14,16H2,1-2H3,(H2,30,32,33). The molecule has 10 heteroatoms. The second-order valence-electron chi connectivity index (χ2n) is 10.6. The quantitative estimate of drug-likeness (QED) is 0.357. The Hall–Kier alpha value is -3.14. The number of nitrogen functional groups attached to an aromatic ring is 1. The van der Waals surface area contributed by atoms with Gasteiger partial charge in [-0.1, -0.05) is 17.7 Å². The lowest BCUT2D eigenvalue weighted by Crippen LogP contribution is -2.49. The van der Waals surface area contributed by atoms with E-state index in [1.165, 1.54) is 19.2 Å². The molecule has 1 aromatic carbocycles. The summed E-state index contributed by atoms with van der Waals surface area (Å²) in [4.78, 5) is 14.0. The molecule has 1 aliphatic carbocycles. The number of aromatic nitrogens is 4. The summed E-state index contributed by atoms with van der Waals surface area (Å²) in [6.07, 6.45) is 6.03. The predicted molar refractivity (Wildman–Crippen MR) is 151 cm³/mol. The van der Waals surface area contributed by atoms with Gasteiger partial charge in [-0.05, 0) is 63.9 Å². The molecule has 0 bridgehead atoms. The van der Waals surface area contributed by atoms with Gasteiger partial charge in [0.1, 0.15) is 29.4 Å². The lowest BCUT2D eigenvalue weighted by molar-refractivity contribution is 0.0815. The predicted octanol–water partition coefficient (Wildman–Crippen LogP) is 4.97. The third-order valence-electron chi connectivity index (χ3n) is 8.08. The fourth-order valence-corrected chi connectivity index (χ4v) is 6.12. The van der Waals surface area contributed by atoms with E-state index in [1.807, 2.05) is 37.3 Å². The number of halogens is 1. The van der Waals surface area contributed by atoms with Crippen molar-refractivity contribution in [2.75, 3.05) is 44.3 Å². The average molecular weight is 535 g/mol. The van der Waals surface area contributed by atoms with Crippen LogP contribution in [0.25, 0.3) is 22.3 Å². The van der Waals surface area contributed by atoms with E-state index >= 15 is 0 Å². The van der Waals surface area contributed by atoms with Crippen molar-refractivity contribution >= 4 is 34.1 Å². The fraction of sp³-hybridized carbons (Fsp3) is 0.464. The lowest BCUT2D eigenvalue weighted by atomic mass is 9.90. The molecule has 0 unspecified atom stereocenters. The van der Waals surface area contributed by atoms with Gasteiger partial charge >= 0.3 is 0 Å². The van der Waals surface area contributed by atoms with E-state index in [-0.39, 0.29) is 6.04 Å². The van der Waals surface area contributed by atoms with Crippen LogP contribution in [0.3, 0.4) is 0 Å². The molecule has 3 aromatic heterocycles. The maximum Gasteiger partial charge on any atom is 0.164 e. The zero-order chi connectivity index (χ0) is 26.2. The molecule has 0 spiro atoms. The van der Waals surface area contributed by atoms with Gasteiger partial charge in [-0.2, -0.15) is 5.10 Å². The number of anilines is 2. The third kappa shape index (κ3) is 4.98. The summed E-state index contributed by atoms with van der Waals surface area (Å²) in [5.74, 6) is 2.19. The van der Waals surface area contributed by atoms with Gasteiger partial charge in [0.05, 0.1) is 28.7 Å². The van der Waals surface area contributed by atoms with Crippen molar-refractivity contribution in [3.63, 3.8) is 0 Å². The highest BCUT2D eigenvalue weighted by Gasteiger charge is 2.30. The van der Waals surface area contributed by atoms with Crippen LogP contribution in [0.1, 0.15) is 43.2 Å². The summed E-state index contributed by atoms with van der Waals surface area (Å²) >= 11 is 6.70. The summed E-state index contributed by atoms with van der Waals surface area (Å²) < 4.78 is 7.74. The minimum Gasteiger partial charge on any atom is -0.465 e. The fourth-order valence-electron chi connectivity index (χ4n) is 5.88. The van der Waals surface area contributed by atoms with Crippen molar-refractivity contribution in [3.8, 4) is 11.3 Å². The first-order valence-corrected chi connectivity index (χ1v) is 13.8. The number of nitrogens with two attached hydrogens (primary N) is 1. The van der Waals surface area contributed by atoms with Crippen molar-refractivity contribution < 1.29 is 4.42 Å². The van der Waals surface area contributed by atoms with Gasteiger partial charge in [0.15, 0.2) is 5.65 Å². The molecule has 38 heavy (non-hydrogen) atoms. The number of furan rings is 1. The molecule has 1 aliphatic heterocycles. The number of aryl methyl sites for hydroxylation is 1. The Kier molecular flexibility index (Phi) is 6.99. The highest BCUT2D eigenvalue weighted by Crippen LogP contribution is 2.38. The van der Waals surface area contributed by atoms with Crippen LogP contribution in [0.2, 0.25) is 5.02 Å². The maximum atomic E-state index is 6.70. The molecule has 6 rings (SSSR count). The van der Waals surface area contributed by atoms with Gasteiger partial charge in [0.25, 0.3) is 0 Å². The van der Waals surface area contributed by atoms with Crippen molar-refractivity contribution in [3.05, 3.63) is 53.2 Å². The Morgan fingerprint density at radius 1 is 1.03 bits per heavy atom. The van der Waals surface area contributed by atoms with Crippen molar-refractivity contribution in [1.82, 2.24) is 29.5 Å². The maximum absolute atomic E-state index is 6.70. The van der Waals surface area contributed by atoms with E-state index < -0.39 is 0 Å². The minimum atomic E-state index is 0.289. The van der Waals surface area contributed by atoms with Gasteiger partial charge in [0, 0.05) is 37.8 Å². The summed E-state index contributed by atoms with van der Waals surface area (Å²) in [6, 6.07) is 10.8. The molecular formula is C28H35ClN8O. The van der Waals surface area contributed by atoms with Gasteiger partial charge in [0.2, 0.25) is 0 Å². The van der Waals surface area contributed by atoms with Crippen molar-refractivity contribution in [1.29, 1.82) is 0 Å². The zero-order valence-corrected chi connectivity index (χ0v) is 22.8. The molecule has 2 aliphatic rings. The molecule has 3 N–H and O–H groups in total. The molecule has 4 heterocycles. The monoisotopic (exact) mass is 534 g/mol. The molecule has 2 fully saturated rings. The summed E-state index contributed by atoms with van der Waals surface area (Å²) in [5.41, 5.74) is 9.67. The Balaban J connectivity index is 1.23. The van der Waals surface area contributed by atoms with Crippen LogP contribution in [0.4, 0.5) is 11.5 Å². The molecule has 0 amide bonds. The highest BCUT2D eigenvalue weighted by molar-refractivity contribution is 6.33. The van der Waals surface area contributed by atoms with Gasteiger partial charge < -0.3 is 20.4 Å². The summed E-state index contributed by atoms with van der Waals surface area (Å²) in [7, 11) is 2.21. The number of piperazine rings is 1. The third-order valence-corrected chi connectivity index (χ3v) is 8.39. The van der Waals surface area contributed by atoms with Gasteiger partial charge in [-0.3, -0.25) is 4.90 Å². The minimum absolute atomic E-state index is 0.289. The van der Waals surface area contributed by atoms with Crippen LogP contribution in [0, 0.1) is 6.92 Å². The zero-order valence-electron chi connectivity index (χ0n) is 22.0. The van der Waals surface area contributed by atoms with Crippen LogP contribution in [0.5, 0.6) is 0 Å². The van der Waals surface area contributed by atoms with E-state index in [0.29, 0.717) is 23.4 Å². The van der Waals surface area contributed by atoms with Gasteiger partial charge in [-0.25, -0.2) is 14.6 Å². The normalized spacial score (nSPS) is 21.2. The van der Waals surface area contributed by atoms with Crippen LogP contribution in [0.15, 0.2) is 41.1 Å². The molecule has 1 saturated carbocycles.